The van der Waals surface area contributed by atoms with Crippen molar-refractivity contribution in [3.8, 4) is 0 Å². The number of hydrogen-bond donors (Lipinski definition) is 2. The van der Waals surface area contributed by atoms with E-state index in [4.69, 9.17) is 14.6 Å². The molecule has 2 N–H and O–H groups in total. The molecule has 2 aliphatic rings. The van der Waals surface area contributed by atoms with Crippen LogP contribution in [0.15, 0.2) is 42.2 Å². The van der Waals surface area contributed by atoms with Crippen molar-refractivity contribution < 1.29 is 19.4 Å². The first-order valence-corrected chi connectivity index (χ1v) is 11.2. The molecule has 0 unspecified atom stereocenters. The summed E-state index contributed by atoms with van der Waals surface area (Å²) >= 11 is 0. The quantitative estimate of drug-likeness (QED) is 0.582. The van der Waals surface area contributed by atoms with Gasteiger partial charge in [0.05, 0.1) is 6.61 Å². The van der Waals surface area contributed by atoms with Crippen molar-refractivity contribution in [1.82, 2.24) is 5.32 Å². The average molecular weight is 402 g/mol. The van der Waals surface area contributed by atoms with Gasteiger partial charge in [0.2, 0.25) is 6.29 Å². The highest BCUT2D eigenvalue weighted by Crippen LogP contribution is 2.37. The molecule has 1 aliphatic carbocycles. The van der Waals surface area contributed by atoms with Gasteiger partial charge in [0.1, 0.15) is 0 Å². The fraction of sp³-hybridized carbons (Fsp3) is 0.625. The van der Waals surface area contributed by atoms with E-state index in [-0.39, 0.29) is 18.8 Å². The predicted molar refractivity (Wildman–Crippen MR) is 113 cm³/mol. The van der Waals surface area contributed by atoms with Gasteiger partial charge in [-0.3, -0.25) is 4.79 Å². The summed E-state index contributed by atoms with van der Waals surface area (Å²) in [4.78, 5) is 12.7. The second kappa shape index (κ2) is 12.0. The number of carbonyl (C=O) groups excluding carboxylic acids is 1. The van der Waals surface area contributed by atoms with Crippen LogP contribution in [-0.2, 0) is 20.7 Å². The number of rotatable bonds is 10. The van der Waals surface area contributed by atoms with E-state index >= 15 is 0 Å². The zero-order valence-corrected chi connectivity index (χ0v) is 17.4. The molecule has 1 fully saturated rings. The van der Waals surface area contributed by atoms with Gasteiger partial charge in [0.25, 0.3) is 5.91 Å². The Labute approximate surface area is 174 Å². The number of benzene rings is 1. The van der Waals surface area contributed by atoms with Gasteiger partial charge in [-0.25, -0.2) is 0 Å². The maximum atomic E-state index is 12.7. The molecule has 160 valence electrons. The summed E-state index contributed by atoms with van der Waals surface area (Å²) in [5, 5.41) is 11.9. The Hall–Kier alpha value is -1.85. The van der Waals surface area contributed by atoms with Gasteiger partial charge < -0.3 is 19.9 Å². The van der Waals surface area contributed by atoms with Crippen LogP contribution < -0.4 is 5.32 Å². The molecular formula is C24H35NO4. The number of aliphatic hydroxyl groups is 1. The van der Waals surface area contributed by atoms with Gasteiger partial charge in [-0.2, -0.15) is 0 Å². The molecule has 1 amide bonds. The number of allylic oxidation sites excluding steroid dienone is 1. The van der Waals surface area contributed by atoms with Gasteiger partial charge in [-0.05, 0) is 55.6 Å². The monoisotopic (exact) mass is 401 g/mol. The number of unbranched alkanes of at least 4 members (excludes halogenated alkanes) is 1. The lowest BCUT2D eigenvalue weighted by Crippen LogP contribution is -2.36. The average Bonchev–Trinajstić information content (AvgIpc) is 2.78. The maximum absolute atomic E-state index is 12.7. The summed E-state index contributed by atoms with van der Waals surface area (Å²) in [6, 6.07) is 10.2. The molecule has 1 aromatic carbocycles. The number of ether oxygens (including phenoxy) is 2. The van der Waals surface area contributed by atoms with Crippen LogP contribution in [0, 0.1) is 11.8 Å². The van der Waals surface area contributed by atoms with E-state index in [1.807, 2.05) is 24.3 Å². The van der Waals surface area contributed by atoms with Crippen molar-refractivity contribution in [2.24, 2.45) is 11.8 Å². The van der Waals surface area contributed by atoms with Crippen LogP contribution in [0.4, 0.5) is 0 Å². The Kier molecular flexibility index (Phi) is 9.03. The molecule has 1 aliphatic heterocycles. The lowest BCUT2D eigenvalue weighted by molar-refractivity contribution is -0.151. The number of amides is 1. The molecule has 1 saturated carbocycles. The second-order valence-corrected chi connectivity index (χ2v) is 8.17. The molecule has 0 saturated heterocycles. The summed E-state index contributed by atoms with van der Waals surface area (Å²) in [7, 11) is 0. The van der Waals surface area contributed by atoms with Crippen LogP contribution in [0.25, 0.3) is 0 Å². The van der Waals surface area contributed by atoms with Crippen LogP contribution >= 0.6 is 0 Å². The van der Waals surface area contributed by atoms with Crippen LogP contribution in [0.5, 0.6) is 0 Å². The minimum Gasteiger partial charge on any atom is -0.459 e. The fourth-order valence-electron chi connectivity index (χ4n) is 4.32. The van der Waals surface area contributed by atoms with Crippen molar-refractivity contribution >= 4 is 5.91 Å². The molecule has 2 atom stereocenters. The van der Waals surface area contributed by atoms with E-state index in [2.05, 4.69) is 17.4 Å². The summed E-state index contributed by atoms with van der Waals surface area (Å²) < 4.78 is 11.8. The first kappa shape index (κ1) is 21.8. The van der Waals surface area contributed by atoms with E-state index in [0.29, 0.717) is 30.7 Å². The van der Waals surface area contributed by atoms with Gasteiger partial charge >= 0.3 is 0 Å². The topological polar surface area (TPSA) is 67.8 Å². The van der Waals surface area contributed by atoms with E-state index in [1.54, 1.807) is 0 Å². The maximum Gasteiger partial charge on any atom is 0.286 e. The number of carbonyl (C=O) groups is 1. The third-order valence-electron chi connectivity index (χ3n) is 5.97. The molecular weight excluding hydrogens is 366 g/mol. The predicted octanol–water partition coefficient (Wildman–Crippen LogP) is 3.96. The van der Waals surface area contributed by atoms with E-state index in [9.17, 15) is 4.79 Å². The SMILES string of the molecule is O=C(NCCc1ccccc1)C1=C[C@H](C2CCCCC2)C[C@H](OCCCCO)O1. The summed E-state index contributed by atoms with van der Waals surface area (Å²) in [6.07, 6.45) is 11.1. The normalized spacial score (nSPS) is 22.6. The third-order valence-corrected chi connectivity index (χ3v) is 5.97. The molecule has 1 aromatic rings. The molecule has 0 bridgehead atoms. The van der Waals surface area contributed by atoms with Gasteiger partial charge in [0, 0.05) is 19.6 Å². The van der Waals surface area contributed by atoms with Crippen LogP contribution in [-0.4, -0.2) is 37.1 Å². The number of hydrogen-bond acceptors (Lipinski definition) is 4. The molecule has 5 heteroatoms. The molecule has 5 nitrogen and oxygen atoms in total. The Morgan fingerprint density at radius 2 is 1.93 bits per heavy atom. The van der Waals surface area contributed by atoms with Crippen molar-refractivity contribution in [3.63, 3.8) is 0 Å². The molecule has 0 aromatic heterocycles. The fourth-order valence-corrected chi connectivity index (χ4v) is 4.32. The first-order valence-electron chi connectivity index (χ1n) is 11.2. The Morgan fingerprint density at radius 3 is 2.69 bits per heavy atom. The zero-order chi connectivity index (χ0) is 20.3. The minimum absolute atomic E-state index is 0.148. The van der Waals surface area contributed by atoms with E-state index in [0.717, 1.165) is 25.7 Å². The lowest BCUT2D eigenvalue weighted by atomic mass is 9.77. The highest BCUT2D eigenvalue weighted by Gasteiger charge is 2.32. The van der Waals surface area contributed by atoms with Crippen LogP contribution in [0.3, 0.4) is 0 Å². The Bertz CT molecular complexity index is 640. The van der Waals surface area contributed by atoms with Crippen molar-refractivity contribution in [1.29, 1.82) is 0 Å². The standard InChI is InChI=1S/C24H35NO4/c26-15-7-8-16-28-23-18-21(20-11-5-2-6-12-20)17-22(29-23)24(27)25-14-13-19-9-3-1-4-10-19/h1,3-4,9-10,17,20-21,23,26H,2,5-8,11-16,18H2,(H,25,27)/t21-,23+/m0/s1. The number of nitrogens with one attached hydrogen (secondary N) is 1. The van der Waals surface area contributed by atoms with Gasteiger partial charge in [-0.15, -0.1) is 0 Å². The Balaban J connectivity index is 1.56. The molecule has 1 heterocycles. The largest absolute Gasteiger partial charge is 0.459 e. The van der Waals surface area contributed by atoms with Gasteiger partial charge in [0.15, 0.2) is 5.76 Å². The van der Waals surface area contributed by atoms with Crippen molar-refractivity contribution in [2.45, 2.75) is 64.1 Å². The first-order chi connectivity index (χ1) is 14.3. The molecule has 0 spiro atoms. The highest BCUT2D eigenvalue weighted by molar-refractivity contribution is 5.91. The van der Waals surface area contributed by atoms with Crippen molar-refractivity contribution in [3.05, 3.63) is 47.7 Å². The van der Waals surface area contributed by atoms with Gasteiger partial charge in [-0.1, -0.05) is 49.6 Å². The summed E-state index contributed by atoms with van der Waals surface area (Å²) in [5.74, 6) is 1.21. The molecule has 29 heavy (non-hydrogen) atoms. The third kappa shape index (κ3) is 7.16. The number of aliphatic hydroxyl groups excluding tert-OH is 1. The lowest BCUT2D eigenvalue weighted by Gasteiger charge is -2.35. The molecule has 0 radical (unpaired) electrons. The van der Waals surface area contributed by atoms with Crippen molar-refractivity contribution in [2.75, 3.05) is 19.8 Å². The highest BCUT2D eigenvalue weighted by atomic mass is 16.7. The smallest absolute Gasteiger partial charge is 0.286 e. The zero-order valence-electron chi connectivity index (χ0n) is 17.4. The summed E-state index contributed by atoms with van der Waals surface area (Å²) in [6.45, 7) is 1.31. The van der Waals surface area contributed by atoms with Crippen LogP contribution in [0.2, 0.25) is 0 Å². The Morgan fingerprint density at radius 1 is 1.14 bits per heavy atom. The van der Waals surface area contributed by atoms with E-state index < -0.39 is 0 Å². The van der Waals surface area contributed by atoms with E-state index in [1.165, 1.54) is 37.7 Å². The minimum atomic E-state index is -0.375. The second-order valence-electron chi connectivity index (χ2n) is 8.17. The van der Waals surface area contributed by atoms with Crippen LogP contribution in [0.1, 0.15) is 56.9 Å². The summed E-state index contributed by atoms with van der Waals surface area (Å²) in [5.41, 5.74) is 1.21. The molecule has 3 rings (SSSR count).